The van der Waals surface area contributed by atoms with Gasteiger partial charge in [-0.3, -0.25) is 0 Å². The summed E-state index contributed by atoms with van der Waals surface area (Å²) in [5, 5.41) is 15.8. The van der Waals surface area contributed by atoms with Crippen molar-refractivity contribution in [2.24, 2.45) is 0 Å². The molecule has 3 nitrogen and oxygen atoms in total. The summed E-state index contributed by atoms with van der Waals surface area (Å²) in [7, 11) is 0. The molecule has 20 heavy (non-hydrogen) atoms. The summed E-state index contributed by atoms with van der Waals surface area (Å²) in [5.41, 5.74) is 2.03. The molecule has 0 amide bonds. The van der Waals surface area contributed by atoms with Crippen molar-refractivity contribution in [2.45, 2.75) is 4.90 Å². The topological polar surface area (TPSA) is 44.3 Å². The highest BCUT2D eigenvalue weighted by atomic mass is 32.2. The molecule has 0 bridgehead atoms. The highest BCUT2D eigenvalue weighted by molar-refractivity contribution is 7.94. The summed E-state index contributed by atoms with van der Waals surface area (Å²) >= 11 is 0.822. The van der Waals surface area contributed by atoms with Gasteiger partial charge in [0.2, 0.25) is 0 Å². The van der Waals surface area contributed by atoms with Crippen LogP contribution >= 0.6 is 12.0 Å². The Kier molecular flexibility index (Phi) is 3.87. The zero-order chi connectivity index (χ0) is 13.8. The fourth-order valence-corrected chi connectivity index (χ4v) is 2.50. The van der Waals surface area contributed by atoms with E-state index in [1.165, 1.54) is 0 Å². The van der Waals surface area contributed by atoms with Crippen LogP contribution in [0.2, 0.25) is 0 Å². The van der Waals surface area contributed by atoms with Crippen molar-refractivity contribution in [1.29, 1.82) is 0 Å². The molecule has 0 aromatic heterocycles. The van der Waals surface area contributed by atoms with Crippen molar-refractivity contribution in [3.8, 4) is 0 Å². The molecule has 100 valence electrons. The van der Waals surface area contributed by atoms with E-state index in [2.05, 4.69) is 9.65 Å². The predicted octanol–water partition coefficient (Wildman–Crippen LogP) is 3.88. The molecular weight excluding hydrogens is 270 g/mol. The van der Waals surface area contributed by atoms with E-state index in [-0.39, 0.29) is 0 Å². The highest BCUT2D eigenvalue weighted by Crippen LogP contribution is 2.30. The second kappa shape index (κ2) is 5.96. The Labute approximate surface area is 121 Å². The number of nitrogens with one attached hydrogen (secondary N) is 1. The van der Waals surface area contributed by atoms with E-state index in [4.69, 9.17) is 0 Å². The number of hydrogen-bond donors (Lipinski definition) is 1. The van der Waals surface area contributed by atoms with Gasteiger partial charge < -0.3 is 14.9 Å². The predicted molar refractivity (Wildman–Crippen MR) is 80.6 cm³/mol. The lowest BCUT2D eigenvalue weighted by atomic mass is 10.1. The average Bonchev–Trinajstić information content (AvgIpc) is 2.49. The lowest BCUT2D eigenvalue weighted by molar-refractivity contribution is -0.630. The molecule has 0 fully saturated rings. The van der Waals surface area contributed by atoms with E-state index < -0.39 is 0 Å². The molecule has 3 aromatic carbocycles. The van der Waals surface area contributed by atoms with Gasteiger partial charge >= 0.3 is 0 Å². The van der Waals surface area contributed by atoms with Crippen molar-refractivity contribution >= 4 is 34.2 Å². The third-order valence-electron chi connectivity index (χ3n) is 3.04. The summed E-state index contributed by atoms with van der Waals surface area (Å²) in [4.78, 5) is 0.787. The van der Waals surface area contributed by atoms with Crippen LogP contribution in [0.4, 0.5) is 11.4 Å². The Morgan fingerprint density at radius 1 is 0.900 bits per heavy atom. The zero-order valence-electron chi connectivity index (χ0n) is 10.6. The van der Waals surface area contributed by atoms with Crippen LogP contribution in [0.25, 0.3) is 10.8 Å². The second-order valence-corrected chi connectivity index (χ2v) is 5.11. The summed E-state index contributed by atoms with van der Waals surface area (Å²) in [6, 6.07) is 21.8. The van der Waals surface area contributed by atoms with Crippen molar-refractivity contribution in [1.82, 2.24) is 0 Å². The van der Waals surface area contributed by atoms with Crippen LogP contribution in [-0.4, -0.2) is 0 Å². The molecule has 0 radical (unpaired) electrons. The molecular formula is C16H12NO2S-. The first kappa shape index (κ1) is 13.0. The fourth-order valence-electron chi connectivity index (χ4n) is 2.13. The van der Waals surface area contributed by atoms with Crippen molar-refractivity contribution in [3.63, 3.8) is 0 Å². The summed E-state index contributed by atoms with van der Waals surface area (Å²) in [6.45, 7) is 0. The molecule has 0 saturated heterocycles. The van der Waals surface area contributed by atoms with E-state index in [9.17, 15) is 5.26 Å². The van der Waals surface area contributed by atoms with Crippen LogP contribution in [-0.2, 0) is 4.33 Å². The first-order valence-electron chi connectivity index (χ1n) is 6.18. The molecule has 0 saturated carbocycles. The summed E-state index contributed by atoms with van der Waals surface area (Å²) in [6.07, 6.45) is 0. The van der Waals surface area contributed by atoms with Gasteiger partial charge in [0.1, 0.15) is 0 Å². The molecule has 1 N–H and O–H groups in total. The third kappa shape index (κ3) is 2.77. The second-order valence-electron chi connectivity index (χ2n) is 4.33. The Hall–Kier alpha value is -2.01. The van der Waals surface area contributed by atoms with Gasteiger partial charge in [-0.05, 0) is 35.7 Å². The highest BCUT2D eigenvalue weighted by Gasteiger charge is 2.03. The molecule has 0 spiro atoms. The third-order valence-corrected chi connectivity index (χ3v) is 3.55. The van der Waals surface area contributed by atoms with E-state index in [1.54, 1.807) is 0 Å². The van der Waals surface area contributed by atoms with Gasteiger partial charge in [0.15, 0.2) is 0 Å². The summed E-state index contributed by atoms with van der Waals surface area (Å²) in [5.74, 6) is 0. The maximum absolute atomic E-state index is 10.3. The molecule has 3 rings (SSSR count). The molecule has 0 heterocycles. The maximum Gasteiger partial charge on any atom is 0.0464 e. The number of rotatable bonds is 4. The van der Waals surface area contributed by atoms with Gasteiger partial charge in [-0.25, -0.2) is 0 Å². The van der Waals surface area contributed by atoms with Crippen LogP contribution in [0.15, 0.2) is 71.6 Å². The molecule has 0 aliphatic rings. The summed E-state index contributed by atoms with van der Waals surface area (Å²) < 4.78 is 3.88. The number of para-hydroxylation sites is 1. The SMILES string of the molecule is [O-]OSc1ccc2cccc(Nc3ccccc3)c2c1. The van der Waals surface area contributed by atoms with Crippen LogP contribution in [0.3, 0.4) is 0 Å². The number of fused-ring (bicyclic) bond motifs is 1. The smallest absolute Gasteiger partial charge is 0.0464 e. The van der Waals surface area contributed by atoms with Crippen molar-refractivity contribution in [2.75, 3.05) is 5.32 Å². The molecule has 3 aromatic rings. The van der Waals surface area contributed by atoms with Gasteiger partial charge in [-0.2, -0.15) is 0 Å². The largest absolute Gasteiger partial charge is 0.710 e. The maximum atomic E-state index is 10.3. The quantitative estimate of drug-likeness (QED) is 0.448. The van der Waals surface area contributed by atoms with Gasteiger partial charge in [-0.15, -0.1) is 0 Å². The Balaban J connectivity index is 2.03. The normalized spacial score (nSPS) is 10.7. The van der Waals surface area contributed by atoms with E-state index >= 15 is 0 Å². The first-order chi connectivity index (χ1) is 9.86. The monoisotopic (exact) mass is 282 g/mol. The van der Waals surface area contributed by atoms with Crippen LogP contribution in [0.1, 0.15) is 0 Å². The minimum Gasteiger partial charge on any atom is -0.710 e. The van der Waals surface area contributed by atoms with Crippen molar-refractivity contribution < 1.29 is 9.59 Å². The molecule has 0 unspecified atom stereocenters. The van der Waals surface area contributed by atoms with Crippen LogP contribution in [0.5, 0.6) is 0 Å². The van der Waals surface area contributed by atoms with Gasteiger partial charge in [0.25, 0.3) is 0 Å². The van der Waals surface area contributed by atoms with E-state index in [0.29, 0.717) is 0 Å². The van der Waals surface area contributed by atoms with E-state index in [1.807, 2.05) is 66.7 Å². The number of hydrogen-bond acceptors (Lipinski definition) is 4. The van der Waals surface area contributed by atoms with Crippen molar-refractivity contribution in [3.05, 3.63) is 66.7 Å². The Morgan fingerprint density at radius 2 is 1.75 bits per heavy atom. The molecule has 0 atom stereocenters. The fraction of sp³-hybridized carbons (Fsp3) is 0. The minimum atomic E-state index is 0.787. The van der Waals surface area contributed by atoms with Gasteiger partial charge in [0.05, 0.1) is 0 Å². The Morgan fingerprint density at radius 3 is 2.55 bits per heavy atom. The number of anilines is 2. The number of benzene rings is 3. The van der Waals surface area contributed by atoms with E-state index in [0.717, 1.165) is 39.1 Å². The molecule has 4 heteroatoms. The first-order valence-corrected chi connectivity index (χ1v) is 6.92. The minimum absolute atomic E-state index is 0.787. The molecule has 0 aliphatic heterocycles. The standard InChI is InChI=1S/C16H13NO2S/c18-19-20-14-10-9-12-5-4-8-16(15(12)11-14)17-13-6-2-1-3-7-13/h1-11,17-18H/p-1. The lowest BCUT2D eigenvalue weighted by Gasteiger charge is -2.11. The molecule has 0 aliphatic carbocycles. The Bertz CT molecular complexity index is 716. The zero-order valence-corrected chi connectivity index (χ0v) is 11.4. The van der Waals surface area contributed by atoms with Crippen LogP contribution < -0.4 is 10.6 Å². The van der Waals surface area contributed by atoms with Crippen LogP contribution in [0, 0.1) is 0 Å². The van der Waals surface area contributed by atoms with Gasteiger partial charge in [-0.1, -0.05) is 36.4 Å². The van der Waals surface area contributed by atoms with Gasteiger partial charge in [0, 0.05) is 33.7 Å². The lowest BCUT2D eigenvalue weighted by Crippen LogP contribution is -1.95. The average molecular weight is 282 g/mol.